The lowest BCUT2D eigenvalue weighted by Gasteiger charge is -2.33. The second-order valence-corrected chi connectivity index (χ2v) is 14.0. The molecule has 1 aliphatic heterocycles. The van der Waals surface area contributed by atoms with E-state index in [1.54, 1.807) is 47.6 Å². The fourth-order valence-electron chi connectivity index (χ4n) is 4.87. The molecule has 0 bridgehead atoms. The fraction of sp³-hybridized carbons (Fsp3) is 0.618. The summed E-state index contributed by atoms with van der Waals surface area (Å²) in [5.41, 5.74) is -2.12. The van der Waals surface area contributed by atoms with Crippen LogP contribution in [-0.4, -0.2) is 76.1 Å². The van der Waals surface area contributed by atoms with Crippen LogP contribution in [0.1, 0.15) is 93.1 Å². The number of unbranched alkanes of at least 4 members (excludes halogenated alkanes) is 1. The molecule has 1 fully saturated rings. The van der Waals surface area contributed by atoms with Crippen LogP contribution in [0.2, 0.25) is 0 Å². The van der Waals surface area contributed by atoms with Crippen LogP contribution in [-0.2, 0) is 35.1 Å². The maximum Gasteiger partial charge on any atom is 0.408 e. The van der Waals surface area contributed by atoms with E-state index in [1.807, 2.05) is 30.3 Å². The number of benzene rings is 1. The lowest BCUT2D eigenvalue weighted by Crippen LogP contribution is -2.62. The summed E-state index contributed by atoms with van der Waals surface area (Å²) in [7, 11) is 0. The second kappa shape index (κ2) is 15.9. The number of ether oxygens (including phenoxy) is 2. The van der Waals surface area contributed by atoms with Gasteiger partial charge in [-0.25, -0.2) is 9.59 Å². The van der Waals surface area contributed by atoms with Gasteiger partial charge in [0.05, 0.1) is 0 Å². The molecular formula is C34H52N4O7. The molecule has 1 aromatic rings. The third kappa shape index (κ3) is 12.6. The maximum atomic E-state index is 14.0. The molecule has 11 heteroatoms. The molecule has 1 saturated heterocycles. The van der Waals surface area contributed by atoms with Crippen LogP contribution < -0.4 is 16.0 Å². The summed E-state index contributed by atoms with van der Waals surface area (Å²) < 4.78 is 10.9. The largest absolute Gasteiger partial charge is 0.458 e. The van der Waals surface area contributed by atoms with Crippen molar-refractivity contribution in [3.8, 4) is 0 Å². The fourth-order valence-corrected chi connectivity index (χ4v) is 4.87. The lowest BCUT2D eigenvalue weighted by atomic mass is 9.99. The Morgan fingerprint density at radius 2 is 1.56 bits per heavy atom. The summed E-state index contributed by atoms with van der Waals surface area (Å²) in [5.74, 6) is -2.05. The first-order valence-corrected chi connectivity index (χ1v) is 15.6. The number of hydrogen-bond donors (Lipinski definition) is 3. The number of esters is 1. The number of likely N-dealkylation sites (tertiary alicyclic amines) is 1. The van der Waals surface area contributed by atoms with E-state index in [1.165, 1.54) is 18.7 Å². The average molecular weight is 629 g/mol. The Bertz CT molecular complexity index is 1200. The van der Waals surface area contributed by atoms with E-state index in [9.17, 15) is 24.0 Å². The van der Waals surface area contributed by atoms with E-state index in [0.717, 1.165) is 5.56 Å². The van der Waals surface area contributed by atoms with Gasteiger partial charge in [0.2, 0.25) is 17.7 Å². The van der Waals surface area contributed by atoms with Crippen molar-refractivity contribution in [1.29, 1.82) is 0 Å². The minimum atomic E-state index is -1.46. The van der Waals surface area contributed by atoms with Gasteiger partial charge in [0, 0.05) is 13.0 Å². The molecule has 0 saturated carbocycles. The Kier molecular flexibility index (Phi) is 13.2. The van der Waals surface area contributed by atoms with Gasteiger partial charge in [-0.15, -0.1) is 6.58 Å². The highest BCUT2D eigenvalue weighted by molar-refractivity contribution is 5.97. The highest BCUT2D eigenvalue weighted by Crippen LogP contribution is 2.23. The second-order valence-electron chi connectivity index (χ2n) is 14.0. The van der Waals surface area contributed by atoms with Crippen LogP contribution >= 0.6 is 0 Å². The van der Waals surface area contributed by atoms with Crippen LogP contribution in [0, 0.1) is 0 Å². The van der Waals surface area contributed by atoms with Gasteiger partial charge in [-0.2, -0.15) is 0 Å². The molecule has 45 heavy (non-hydrogen) atoms. The molecule has 0 unspecified atom stereocenters. The van der Waals surface area contributed by atoms with Gasteiger partial charge in [0.15, 0.2) is 0 Å². The molecular weight excluding hydrogens is 576 g/mol. The van der Waals surface area contributed by atoms with Crippen molar-refractivity contribution >= 4 is 29.8 Å². The molecule has 0 radical (unpaired) electrons. The first kappa shape index (κ1) is 37.3. The summed E-state index contributed by atoms with van der Waals surface area (Å²) in [6.07, 6.45) is 3.75. The number of amides is 4. The molecule has 3 atom stereocenters. The summed E-state index contributed by atoms with van der Waals surface area (Å²) in [4.78, 5) is 68.0. The average Bonchev–Trinajstić information content (AvgIpc) is 3.40. The SMILES string of the molecule is C=CCCC[C@H](NC(=O)OC(C)(C)C)C(=O)NC(C)(C)C(=O)N[C@@H](Cc1ccccc1)C(=O)N1CCC[C@@H]1C(=O)OC(C)(C)C. The number of hydrogen-bond acceptors (Lipinski definition) is 7. The standard InChI is InChI=1S/C34H52N4O7/c1-10-11-13-19-24(36-31(43)45-33(5,6)7)27(39)37-34(8,9)30(42)35-25(22-23-17-14-12-15-18-23)28(40)38-21-16-20-26(38)29(41)44-32(2,3)4/h10,12,14-15,17-18,24-26H,1,11,13,16,19-22H2,2-9H3,(H,35,42)(H,36,43)(H,37,39)/t24-,25-,26+/m0/s1. The number of rotatable bonds is 13. The number of nitrogens with one attached hydrogen (secondary N) is 3. The molecule has 2 rings (SSSR count). The number of alkyl carbamates (subject to hydrolysis) is 1. The van der Waals surface area contributed by atoms with E-state index in [0.29, 0.717) is 38.6 Å². The Balaban J connectivity index is 2.25. The molecule has 1 heterocycles. The van der Waals surface area contributed by atoms with Crippen LogP contribution in [0.25, 0.3) is 0 Å². The number of carbonyl (C=O) groups is 5. The molecule has 11 nitrogen and oxygen atoms in total. The van der Waals surface area contributed by atoms with Gasteiger partial charge in [-0.05, 0) is 93.1 Å². The van der Waals surface area contributed by atoms with Gasteiger partial charge < -0.3 is 30.3 Å². The van der Waals surface area contributed by atoms with Gasteiger partial charge in [0.1, 0.15) is 34.9 Å². The smallest absolute Gasteiger partial charge is 0.408 e. The Morgan fingerprint density at radius 3 is 2.13 bits per heavy atom. The maximum absolute atomic E-state index is 14.0. The predicted molar refractivity (Wildman–Crippen MR) is 172 cm³/mol. The Labute approximate surface area is 267 Å². The summed E-state index contributed by atoms with van der Waals surface area (Å²) in [6.45, 7) is 17.6. The number of allylic oxidation sites excluding steroid dienone is 1. The van der Waals surface area contributed by atoms with Crippen molar-refractivity contribution in [1.82, 2.24) is 20.9 Å². The van der Waals surface area contributed by atoms with E-state index in [4.69, 9.17) is 9.47 Å². The monoisotopic (exact) mass is 628 g/mol. The molecule has 1 aliphatic rings. The first-order valence-electron chi connectivity index (χ1n) is 15.6. The third-order valence-corrected chi connectivity index (χ3v) is 7.01. The van der Waals surface area contributed by atoms with Crippen LogP contribution in [0.15, 0.2) is 43.0 Å². The minimum Gasteiger partial charge on any atom is -0.458 e. The molecule has 1 aromatic carbocycles. The van der Waals surface area contributed by atoms with Crippen LogP contribution in [0.4, 0.5) is 4.79 Å². The molecule has 0 aliphatic carbocycles. The van der Waals surface area contributed by atoms with E-state index >= 15 is 0 Å². The predicted octanol–water partition coefficient (Wildman–Crippen LogP) is 4.19. The number of nitrogens with zero attached hydrogens (tertiary/aromatic N) is 1. The third-order valence-electron chi connectivity index (χ3n) is 7.01. The van der Waals surface area contributed by atoms with Crippen LogP contribution in [0.3, 0.4) is 0 Å². The van der Waals surface area contributed by atoms with E-state index in [-0.39, 0.29) is 6.42 Å². The van der Waals surface area contributed by atoms with E-state index in [2.05, 4.69) is 22.5 Å². The molecule has 250 valence electrons. The minimum absolute atomic E-state index is 0.178. The van der Waals surface area contributed by atoms with Gasteiger partial charge in [-0.1, -0.05) is 36.4 Å². The normalized spacial score (nSPS) is 16.6. The lowest BCUT2D eigenvalue weighted by molar-refractivity contribution is -0.163. The zero-order valence-electron chi connectivity index (χ0n) is 28.2. The zero-order chi connectivity index (χ0) is 34.0. The molecule has 0 spiro atoms. The molecule has 0 aromatic heterocycles. The molecule has 4 amide bonds. The summed E-state index contributed by atoms with van der Waals surface area (Å²) in [5, 5.41) is 8.18. The van der Waals surface area contributed by atoms with Crippen molar-refractivity contribution in [2.45, 2.75) is 129 Å². The van der Waals surface area contributed by atoms with Gasteiger partial charge in [0.25, 0.3) is 0 Å². The van der Waals surface area contributed by atoms with Crippen molar-refractivity contribution in [2.24, 2.45) is 0 Å². The Hall–Kier alpha value is -3.89. The summed E-state index contributed by atoms with van der Waals surface area (Å²) in [6, 6.07) is 6.51. The van der Waals surface area contributed by atoms with Crippen LogP contribution in [0.5, 0.6) is 0 Å². The number of carbonyl (C=O) groups excluding carboxylic acids is 5. The first-order chi connectivity index (χ1) is 20.8. The van der Waals surface area contributed by atoms with Gasteiger partial charge in [-0.3, -0.25) is 14.4 Å². The van der Waals surface area contributed by atoms with Crippen molar-refractivity contribution in [3.05, 3.63) is 48.6 Å². The highest BCUT2D eigenvalue weighted by Gasteiger charge is 2.41. The highest BCUT2D eigenvalue weighted by atomic mass is 16.6. The quantitative estimate of drug-likeness (QED) is 0.169. The summed E-state index contributed by atoms with van der Waals surface area (Å²) >= 11 is 0. The van der Waals surface area contributed by atoms with Gasteiger partial charge >= 0.3 is 12.1 Å². The zero-order valence-corrected chi connectivity index (χ0v) is 28.2. The van der Waals surface area contributed by atoms with Crippen molar-refractivity contribution in [2.75, 3.05) is 6.54 Å². The van der Waals surface area contributed by atoms with Crippen molar-refractivity contribution in [3.63, 3.8) is 0 Å². The van der Waals surface area contributed by atoms with E-state index < -0.39 is 64.7 Å². The Morgan fingerprint density at radius 1 is 0.933 bits per heavy atom. The molecule has 3 N–H and O–H groups in total. The topological polar surface area (TPSA) is 143 Å². The van der Waals surface area contributed by atoms with Crippen molar-refractivity contribution < 1.29 is 33.4 Å².